The molecule has 5 heteroatoms. The lowest BCUT2D eigenvalue weighted by Gasteiger charge is -2.32. The van der Waals surface area contributed by atoms with Crippen LogP contribution in [0.25, 0.3) is 4.48 Å². The van der Waals surface area contributed by atoms with Crippen molar-refractivity contribution in [2.75, 3.05) is 32.1 Å². The molecular weight excluding hydrogens is 294 g/mol. The zero-order chi connectivity index (χ0) is 13.1. The highest BCUT2D eigenvalue weighted by Gasteiger charge is 2.17. The zero-order valence-electron chi connectivity index (χ0n) is 10.6. The van der Waals surface area contributed by atoms with Crippen LogP contribution in [0.4, 0.5) is 5.82 Å². The summed E-state index contributed by atoms with van der Waals surface area (Å²) in [6.45, 7) is 2.09. The molecule has 1 saturated heterocycles. The Hall–Kier alpha value is -1.36. The van der Waals surface area contributed by atoms with Crippen LogP contribution in [0.3, 0.4) is 0 Å². The second-order valence-corrected chi connectivity index (χ2v) is 5.38. The van der Waals surface area contributed by atoms with E-state index in [1.165, 1.54) is 6.42 Å². The van der Waals surface area contributed by atoms with Gasteiger partial charge in [-0.05, 0) is 28.4 Å². The summed E-state index contributed by atoms with van der Waals surface area (Å²) in [6.07, 6.45) is 5.62. The molecule has 2 rings (SSSR count). The van der Waals surface area contributed by atoms with E-state index in [2.05, 4.69) is 25.8 Å². The Morgan fingerprint density at radius 2 is 2.22 bits per heavy atom. The van der Waals surface area contributed by atoms with Crippen LogP contribution >= 0.6 is 15.9 Å². The van der Waals surface area contributed by atoms with Crippen LogP contribution in [0, 0.1) is 0 Å². The summed E-state index contributed by atoms with van der Waals surface area (Å²) in [4.78, 5) is 19.5. The Kier molecular flexibility index (Phi) is 4.01. The molecule has 0 unspecified atom stereocenters. The molecule has 1 aromatic rings. The largest absolute Gasteiger partial charge is 0.383 e. The predicted molar refractivity (Wildman–Crippen MR) is 77.0 cm³/mol. The summed E-state index contributed by atoms with van der Waals surface area (Å²) in [7, 11) is 3.89. The van der Waals surface area contributed by atoms with Gasteiger partial charge < -0.3 is 9.80 Å². The van der Waals surface area contributed by atoms with Gasteiger partial charge in [0.1, 0.15) is 5.82 Å². The first-order valence-corrected chi connectivity index (χ1v) is 6.65. The highest BCUT2D eigenvalue weighted by Crippen LogP contribution is 2.28. The molecule has 0 atom stereocenters. The third-order valence-electron chi connectivity index (χ3n) is 2.86. The molecule has 0 aliphatic carbocycles. The molecule has 1 fully saturated rings. The second kappa shape index (κ2) is 5.52. The number of hydrogen-bond acceptors (Lipinski definition) is 4. The first kappa shape index (κ1) is 13.1. The van der Waals surface area contributed by atoms with Crippen molar-refractivity contribution in [2.45, 2.75) is 6.42 Å². The van der Waals surface area contributed by atoms with Gasteiger partial charge in [0.15, 0.2) is 6.29 Å². The molecule has 1 aromatic heterocycles. The lowest BCUT2D eigenvalue weighted by Crippen LogP contribution is -2.37. The highest BCUT2D eigenvalue weighted by atomic mass is 79.9. The lowest BCUT2D eigenvalue weighted by atomic mass is 10.1. The van der Waals surface area contributed by atoms with Gasteiger partial charge in [0.05, 0.1) is 0 Å². The number of carbonyl (C=O) groups is 1. The van der Waals surface area contributed by atoms with E-state index >= 15 is 0 Å². The van der Waals surface area contributed by atoms with Gasteiger partial charge >= 0.3 is 0 Å². The van der Waals surface area contributed by atoms with E-state index in [0.29, 0.717) is 5.56 Å². The number of rotatable bonds is 4. The fourth-order valence-corrected chi connectivity index (χ4v) is 2.52. The number of nitrogens with zero attached hydrogens (tertiary/aromatic N) is 3. The van der Waals surface area contributed by atoms with Gasteiger partial charge in [-0.15, -0.1) is 0 Å². The fourth-order valence-electron chi connectivity index (χ4n) is 1.77. The highest BCUT2D eigenvalue weighted by molar-refractivity contribution is 9.15. The molecule has 0 radical (unpaired) electrons. The number of anilines is 1. The van der Waals surface area contributed by atoms with Crippen molar-refractivity contribution in [3.8, 4) is 0 Å². The Balaban J connectivity index is 2.38. The fraction of sp³-hybridized carbons (Fsp3) is 0.385. The van der Waals surface area contributed by atoms with E-state index < -0.39 is 0 Å². The minimum Gasteiger partial charge on any atom is -0.383 e. The van der Waals surface area contributed by atoms with E-state index in [1.54, 1.807) is 6.20 Å². The van der Waals surface area contributed by atoms with Crippen LogP contribution in [0.5, 0.6) is 0 Å². The summed E-state index contributed by atoms with van der Waals surface area (Å²) in [5.74, 6) is 0.936. The Labute approximate surface area is 115 Å². The summed E-state index contributed by atoms with van der Waals surface area (Å²) in [5.41, 5.74) is 1.49. The summed E-state index contributed by atoms with van der Waals surface area (Å²) in [5, 5.41) is 0. The first-order valence-electron chi connectivity index (χ1n) is 5.86. The van der Waals surface area contributed by atoms with Crippen LogP contribution in [-0.4, -0.2) is 43.4 Å². The van der Waals surface area contributed by atoms with Crippen LogP contribution in [0.15, 0.2) is 18.5 Å². The van der Waals surface area contributed by atoms with Crippen LogP contribution in [0.1, 0.15) is 22.3 Å². The molecule has 18 heavy (non-hydrogen) atoms. The number of hydrogen-bond donors (Lipinski definition) is 0. The van der Waals surface area contributed by atoms with Gasteiger partial charge in [-0.1, -0.05) is 0 Å². The maximum absolute atomic E-state index is 11.1. The molecular formula is C13H16BrN3O. The minimum absolute atomic E-state index is 0.601. The third-order valence-corrected chi connectivity index (χ3v) is 3.49. The van der Waals surface area contributed by atoms with Gasteiger partial charge in [-0.2, -0.15) is 0 Å². The van der Waals surface area contributed by atoms with Crippen molar-refractivity contribution in [2.24, 2.45) is 0 Å². The average molecular weight is 310 g/mol. The van der Waals surface area contributed by atoms with Gasteiger partial charge in [0.25, 0.3) is 0 Å². The first-order chi connectivity index (χ1) is 8.61. The summed E-state index contributed by atoms with van der Waals surface area (Å²) in [6, 6.07) is 1.97. The van der Waals surface area contributed by atoms with Crippen LogP contribution in [0.2, 0.25) is 0 Å². The zero-order valence-corrected chi connectivity index (χ0v) is 12.1. The van der Waals surface area contributed by atoms with Gasteiger partial charge in [-0.25, -0.2) is 4.98 Å². The maximum Gasteiger partial charge on any atom is 0.152 e. The Bertz CT molecular complexity index is 481. The second-order valence-electron chi connectivity index (χ2n) is 4.53. The number of aldehydes is 1. The Morgan fingerprint density at radius 3 is 2.72 bits per heavy atom. The number of aromatic nitrogens is 1. The molecule has 0 spiro atoms. The van der Waals surface area contributed by atoms with Crippen LogP contribution in [-0.2, 0) is 0 Å². The molecule has 1 aliphatic heterocycles. The van der Waals surface area contributed by atoms with Crippen molar-refractivity contribution < 1.29 is 4.79 Å². The summed E-state index contributed by atoms with van der Waals surface area (Å²) < 4.78 is 0.888. The average Bonchev–Trinajstić information content (AvgIpc) is 2.25. The molecule has 96 valence electrons. The van der Waals surface area contributed by atoms with Crippen LogP contribution < -0.4 is 4.90 Å². The van der Waals surface area contributed by atoms with E-state index in [4.69, 9.17) is 0 Å². The molecule has 0 amide bonds. The number of carbonyl (C=O) groups excluding carboxylic acids is 1. The third kappa shape index (κ3) is 2.72. The lowest BCUT2D eigenvalue weighted by molar-refractivity contribution is 0.112. The topological polar surface area (TPSA) is 36.4 Å². The van der Waals surface area contributed by atoms with Gasteiger partial charge in [0.2, 0.25) is 0 Å². The molecule has 0 bridgehead atoms. The monoisotopic (exact) mass is 309 g/mol. The molecule has 0 saturated carbocycles. The van der Waals surface area contributed by atoms with Gasteiger partial charge in [0, 0.05) is 55.2 Å². The van der Waals surface area contributed by atoms with Crippen molar-refractivity contribution in [3.63, 3.8) is 0 Å². The standard InChI is InChI=1S/C13H16BrN3O/c1-16(2)8-12(14)11-6-13(17-4-3-5-17)15-7-10(11)9-18/h6-9H,3-5H2,1-2H3/b12-8+. The normalized spacial score (nSPS) is 15.3. The molecule has 2 heterocycles. The summed E-state index contributed by atoms with van der Waals surface area (Å²) >= 11 is 3.52. The van der Waals surface area contributed by atoms with E-state index in [-0.39, 0.29) is 0 Å². The van der Waals surface area contributed by atoms with Crippen molar-refractivity contribution in [1.82, 2.24) is 9.88 Å². The van der Waals surface area contributed by atoms with E-state index in [1.807, 2.05) is 31.3 Å². The maximum atomic E-state index is 11.1. The van der Waals surface area contributed by atoms with Crippen molar-refractivity contribution in [3.05, 3.63) is 29.6 Å². The molecule has 1 aliphatic rings. The van der Waals surface area contributed by atoms with Crippen molar-refractivity contribution in [1.29, 1.82) is 0 Å². The van der Waals surface area contributed by atoms with E-state index in [0.717, 1.165) is 35.2 Å². The molecule has 0 N–H and O–H groups in total. The van der Waals surface area contributed by atoms with E-state index in [9.17, 15) is 4.79 Å². The minimum atomic E-state index is 0.601. The molecule has 4 nitrogen and oxygen atoms in total. The predicted octanol–water partition coefficient (Wildman–Crippen LogP) is 2.36. The quantitative estimate of drug-likeness (QED) is 0.800. The smallest absolute Gasteiger partial charge is 0.152 e. The Morgan fingerprint density at radius 1 is 1.50 bits per heavy atom. The SMILES string of the molecule is CN(C)/C=C(/Br)c1cc(N2CCC2)ncc1C=O. The molecule has 0 aromatic carbocycles. The number of pyridine rings is 1. The van der Waals surface area contributed by atoms with Gasteiger partial charge in [-0.3, -0.25) is 4.79 Å². The van der Waals surface area contributed by atoms with Crippen molar-refractivity contribution >= 4 is 32.5 Å². The number of halogens is 1.